The number of fused-ring (bicyclic) bond motifs is 1. The zero-order valence-electron chi connectivity index (χ0n) is 15.3. The Bertz CT molecular complexity index is 1090. The van der Waals surface area contributed by atoms with Gasteiger partial charge in [0.15, 0.2) is 0 Å². The monoisotopic (exact) mass is 382 g/mol. The molecule has 3 rings (SSSR count). The highest BCUT2D eigenvalue weighted by molar-refractivity contribution is 7.88. The maximum atomic E-state index is 12.3. The van der Waals surface area contributed by atoms with Crippen molar-refractivity contribution >= 4 is 32.4 Å². The van der Waals surface area contributed by atoms with Crippen molar-refractivity contribution < 1.29 is 13.2 Å². The molecule has 0 radical (unpaired) electrons. The summed E-state index contributed by atoms with van der Waals surface area (Å²) < 4.78 is 27.0. The van der Waals surface area contributed by atoms with Gasteiger partial charge in [-0.1, -0.05) is 54.1 Å². The van der Waals surface area contributed by atoms with E-state index in [1.807, 2.05) is 68.4 Å². The van der Waals surface area contributed by atoms with Crippen LogP contribution in [0.4, 0.5) is 5.69 Å². The molecule has 0 saturated heterocycles. The van der Waals surface area contributed by atoms with Crippen LogP contribution in [0.1, 0.15) is 16.7 Å². The van der Waals surface area contributed by atoms with E-state index in [9.17, 15) is 13.2 Å². The second kappa shape index (κ2) is 7.90. The zero-order valence-corrected chi connectivity index (χ0v) is 16.1. The van der Waals surface area contributed by atoms with E-state index >= 15 is 0 Å². The average molecular weight is 382 g/mol. The summed E-state index contributed by atoms with van der Waals surface area (Å²) in [5.41, 5.74) is 3.27. The summed E-state index contributed by atoms with van der Waals surface area (Å²) in [5, 5.41) is 4.80. The molecule has 0 spiro atoms. The van der Waals surface area contributed by atoms with Crippen LogP contribution in [0.2, 0.25) is 0 Å². The van der Waals surface area contributed by atoms with Crippen molar-refractivity contribution in [3.63, 3.8) is 0 Å². The van der Waals surface area contributed by atoms with E-state index in [1.165, 1.54) is 0 Å². The minimum Gasteiger partial charge on any atom is -0.325 e. The minimum atomic E-state index is -3.61. The van der Waals surface area contributed by atoms with Crippen molar-refractivity contribution in [1.29, 1.82) is 0 Å². The molecule has 1 amide bonds. The molecule has 2 N–H and O–H groups in total. The predicted molar refractivity (Wildman–Crippen MR) is 109 cm³/mol. The van der Waals surface area contributed by atoms with Crippen LogP contribution in [0.3, 0.4) is 0 Å². The molecule has 5 nitrogen and oxygen atoms in total. The van der Waals surface area contributed by atoms with Crippen LogP contribution in [0, 0.1) is 13.8 Å². The largest absolute Gasteiger partial charge is 0.325 e. The van der Waals surface area contributed by atoms with Crippen molar-refractivity contribution in [3.8, 4) is 0 Å². The Hall–Kier alpha value is -2.70. The number of carbonyl (C=O) groups is 1. The molecule has 0 aliphatic heterocycles. The van der Waals surface area contributed by atoms with Gasteiger partial charge in [0.2, 0.25) is 15.9 Å². The van der Waals surface area contributed by atoms with Crippen molar-refractivity contribution in [2.24, 2.45) is 0 Å². The van der Waals surface area contributed by atoms with Gasteiger partial charge in [-0.25, -0.2) is 13.1 Å². The van der Waals surface area contributed by atoms with E-state index in [4.69, 9.17) is 0 Å². The molecule has 27 heavy (non-hydrogen) atoms. The van der Waals surface area contributed by atoms with E-state index < -0.39 is 15.9 Å². The van der Waals surface area contributed by atoms with Crippen LogP contribution in [0.15, 0.2) is 60.7 Å². The summed E-state index contributed by atoms with van der Waals surface area (Å²) in [5.74, 6) is -0.557. The number of anilines is 1. The summed E-state index contributed by atoms with van der Waals surface area (Å²) in [4.78, 5) is 12.1. The van der Waals surface area contributed by atoms with E-state index in [1.54, 1.807) is 6.07 Å². The number of amides is 1. The maximum Gasteiger partial charge on any atom is 0.239 e. The van der Waals surface area contributed by atoms with Crippen molar-refractivity contribution in [2.75, 3.05) is 11.9 Å². The first-order valence-electron chi connectivity index (χ1n) is 8.64. The third-order valence-electron chi connectivity index (χ3n) is 4.34. The zero-order chi connectivity index (χ0) is 19.4. The van der Waals surface area contributed by atoms with E-state index in [0.717, 1.165) is 27.5 Å². The average Bonchev–Trinajstić information content (AvgIpc) is 2.63. The molecule has 3 aromatic carbocycles. The van der Waals surface area contributed by atoms with Gasteiger partial charge in [0, 0.05) is 5.69 Å². The SMILES string of the molecule is Cc1ccc(C)c(CS(=O)(=O)NCC(=O)Nc2ccc3ccccc3c2)c1. The third-order valence-corrected chi connectivity index (χ3v) is 5.61. The summed E-state index contributed by atoms with van der Waals surface area (Å²) >= 11 is 0. The molecule has 0 aromatic heterocycles. The smallest absolute Gasteiger partial charge is 0.239 e. The minimum absolute atomic E-state index is 0.149. The van der Waals surface area contributed by atoms with Crippen LogP contribution in [-0.2, 0) is 20.6 Å². The topological polar surface area (TPSA) is 75.3 Å². The van der Waals surface area contributed by atoms with Gasteiger partial charge in [-0.05, 0) is 47.9 Å². The number of sulfonamides is 1. The summed E-state index contributed by atoms with van der Waals surface area (Å²) in [7, 11) is -3.61. The fourth-order valence-electron chi connectivity index (χ4n) is 2.86. The van der Waals surface area contributed by atoms with Gasteiger partial charge < -0.3 is 5.32 Å². The summed E-state index contributed by atoms with van der Waals surface area (Å²) in [6, 6.07) is 19.1. The van der Waals surface area contributed by atoms with Crippen LogP contribution in [0.5, 0.6) is 0 Å². The number of aryl methyl sites for hydroxylation is 2. The van der Waals surface area contributed by atoms with Crippen LogP contribution < -0.4 is 10.0 Å². The lowest BCUT2D eigenvalue weighted by Gasteiger charge is -2.10. The molecule has 6 heteroatoms. The Labute approximate surface area is 159 Å². The van der Waals surface area contributed by atoms with Gasteiger partial charge in [0.25, 0.3) is 0 Å². The van der Waals surface area contributed by atoms with Gasteiger partial charge >= 0.3 is 0 Å². The fourth-order valence-corrected chi connectivity index (χ4v) is 4.03. The predicted octanol–water partition coefficient (Wildman–Crippen LogP) is 3.51. The molecular weight excluding hydrogens is 360 g/mol. The molecule has 0 heterocycles. The third kappa shape index (κ3) is 5.15. The first kappa shape index (κ1) is 19.1. The standard InChI is InChI=1S/C21H22N2O3S/c1-15-7-8-16(2)19(11-15)14-27(25,26)22-13-21(24)23-20-10-9-17-5-3-4-6-18(17)12-20/h3-12,22H,13-14H2,1-2H3,(H,23,24). The Morgan fingerprint density at radius 3 is 2.44 bits per heavy atom. The molecule has 140 valence electrons. The highest BCUT2D eigenvalue weighted by atomic mass is 32.2. The number of carbonyl (C=O) groups excluding carboxylic acids is 1. The van der Waals surface area contributed by atoms with E-state index in [-0.39, 0.29) is 12.3 Å². The van der Waals surface area contributed by atoms with Crippen molar-refractivity contribution in [3.05, 3.63) is 77.4 Å². The lowest BCUT2D eigenvalue weighted by atomic mass is 10.1. The normalized spacial score (nSPS) is 11.5. The second-order valence-electron chi connectivity index (χ2n) is 6.62. The highest BCUT2D eigenvalue weighted by Crippen LogP contribution is 2.18. The van der Waals surface area contributed by atoms with E-state index in [0.29, 0.717) is 5.69 Å². The Morgan fingerprint density at radius 1 is 0.926 bits per heavy atom. The van der Waals surface area contributed by atoms with Gasteiger partial charge in [0.05, 0.1) is 12.3 Å². The number of hydrogen-bond acceptors (Lipinski definition) is 3. The van der Waals surface area contributed by atoms with Crippen LogP contribution in [-0.4, -0.2) is 20.9 Å². The quantitative estimate of drug-likeness (QED) is 0.685. The Morgan fingerprint density at radius 2 is 1.67 bits per heavy atom. The molecule has 0 aliphatic rings. The van der Waals surface area contributed by atoms with Gasteiger partial charge in [-0.15, -0.1) is 0 Å². The van der Waals surface area contributed by atoms with E-state index in [2.05, 4.69) is 10.0 Å². The van der Waals surface area contributed by atoms with Crippen LogP contribution >= 0.6 is 0 Å². The number of benzene rings is 3. The summed E-state index contributed by atoms with van der Waals surface area (Å²) in [6.07, 6.45) is 0. The number of nitrogens with one attached hydrogen (secondary N) is 2. The second-order valence-corrected chi connectivity index (χ2v) is 8.43. The lowest BCUT2D eigenvalue weighted by molar-refractivity contribution is -0.115. The molecule has 0 aliphatic carbocycles. The maximum absolute atomic E-state index is 12.3. The lowest BCUT2D eigenvalue weighted by Crippen LogP contribution is -2.33. The molecule has 0 atom stereocenters. The van der Waals surface area contributed by atoms with Crippen LogP contribution in [0.25, 0.3) is 10.8 Å². The fraction of sp³-hybridized carbons (Fsp3) is 0.190. The molecule has 0 bridgehead atoms. The molecule has 0 saturated carbocycles. The summed E-state index contributed by atoms with van der Waals surface area (Å²) in [6.45, 7) is 3.48. The van der Waals surface area contributed by atoms with Gasteiger partial charge in [-0.2, -0.15) is 0 Å². The Balaban J connectivity index is 1.61. The number of rotatable bonds is 6. The first-order valence-corrected chi connectivity index (χ1v) is 10.3. The van der Waals surface area contributed by atoms with Crippen molar-refractivity contribution in [1.82, 2.24) is 4.72 Å². The molecule has 0 fully saturated rings. The molecular formula is C21H22N2O3S. The highest BCUT2D eigenvalue weighted by Gasteiger charge is 2.15. The molecule has 0 unspecified atom stereocenters. The van der Waals surface area contributed by atoms with Gasteiger partial charge in [0.1, 0.15) is 0 Å². The van der Waals surface area contributed by atoms with Gasteiger partial charge in [-0.3, -0.25) is 4.79 Å². The molecule has 3 aromatic rings. The van der Waals surface area contributed by atoms with Crippen molar-refractivity contribution in [2.45, 2.75) is 19.6 Å². The Kier molecular flexibility index (Phi) is 5.58. The first-order chi connectivity index (χ1) is 12.8. The number of hydrogen-bond donors (Lipinski definition) is 2.